The van der Waals surface area contributed by atoms with Crippen molar-refractivity contribution in [3.05, 3.63) is 29.6 Å². The summed E-state index contributed by atoms with van der Waals surface area (Å²) in [4.78, 5) is 11.8. The molecule has 2 N–H and O–H groups in total. The van der Waals surface area contributed by atoms with Crippen LogP contribution in [0, 0.1) is 12.7 Å². The normalized spacial score (nSPS) is 16.1. The molecule has 0 saturated heterocycles. The van der Waals surface area contributed by atoms with Gasteiger partial charge >= 0.3 is 0 Å². The maximum atomic E-state index is 12.9. The maximum absolute atomic E-state index is 12.9. The average Bonchev–Trinajstić information content (AvgIpc) is 2.39. The second-order valence-electron chi connectivity index (χ2n) is 5.22. The van der Waals surface area contributed by atoms with Crippen LogP contribution in [0.2, 0.25) is 0 Å². The van der Waals surface area contributed by atoms with Crippen LogP contribution in [0.25, 0.3) is 0 Å². The number of halogens is 1. The van der Waals surface area contributed by atoms with Gasteiger partial charge in [0.1, 0.15) is 5.82 Å². The molecule has 104 valence electrons. The molecule has 1 aromatic rings. The number of carbonyl (C=O) groups is 1. The van der Waals surface area contributed by atoms with Gasteiger partial charge in [-0.3, -0.25) is 4.79 Å². The van der Waals surface area contributed by atoms with E-state index in [9.17, 15) is 9.18 Å². The summed E-state index contributed by atoms with van der Waals surface area (Å²) in [6, 6.07) is 4.85. The van der Waals surface area contributed by atoms with Crippen LogP contribution in [0.5, 0.6) is 0 Å². The Balaban J connectivity index is 1.79. The molecule has 0 radical (unpaired) electrons. The lowest BCUT2D eigenvalue weighted by atomic mass is 9.95. The summed E-state index contributed by atoms with van der Waals surface area (Å²) in [7, 11) is 0. The molecular weight excluding hydrogens is 243 g/mol. The van der Waals surface area contributed by atoms with Crippen LogP contribution >= 0.6 is 0 Å². The first-order chi connectivity index (χ1) is 9.15. The number of benzene rings is 1. The molecule has 2 rings (SSSR count). The van der Waals surface area contributed by atoms with Gasteiger partial charge in [0.05, 0.1) is 6.54 Å². The minimum atomic E-state index is -0.255. The minimum absolute atomic E-state index is 0.00984. The topological polar surface area (TPSA) is 41.1 Å². The first-order valence-corrected chi connectivity index (χ1v) is 6.94. The Morgan fingerprint density at radius 1 is 1.32 bits per heavy atom. The number of carbonyl (C=O) groups excluding carboxylic acids is 1. The van der Waals surface area contributed by atoms with E-state index >= 15 is 0 Å². The summed E-state index contributed by atoms with van der Waals surface area (Å²) in [6.45, 7) is 2.06. The second-order valence-corrected chi connectivity index (χ2v) is 5.22. The number of hydrogen-bond donors (Lipinski definition) is 2. The molecule has 1 fully saturated rings. The predicted octanol–water partition coefficient (Wildman–Crippen LogP) is 2.99. The van der Waals surface area contributed by atoms with Gasteiger partial charge in [-0.25, -0.2) is 4.39 Å². The molecule has 0 unspecified atom stereocenters. The number of hydrogen-bond acceptors (Lipinski definition) is 2. The largest absolute Gasteiger partial charge is 0.376 e. The third-order valence-corrected chi connectivity index (χ3v) is 3.60. The fourth-order valence-corrected chi connectivity index (χ4v) is 2.53. The lowest BCUT2D eigenvalue weighted by Gasteiger charge is -2.23. The summed E-state index contributed by atoms with van der Waals surface area (Å²) < 4.78 is 12.9. The van der Waals surface area contributed by atoms with Crippen LogP contribution in [-0.4, -0.2) is 18.5 Å². The van der Waals surface area contributed by atoms with Crippen LogP contribution in [0.1, 0.15) is 37.7 Å². The van der Waals surface area contributed by atoms with Gasteiger partial charge < -0.3 is 10.6 Å². The van der Waals surface area contributed by atoms with Gasteiger partial charge in [0.25, 0.3) is 0 Å². The Morgan fingerprint density at radius 3 is 2.74 bits per heavy atom. The van der Waals surface area contributed by atoms with Gasteiger partial charge in [-0.2, -0.15) is 0 Å². The van der Waals surface area contributed by atoms with E-state index in [4.69, 9.17) is 0 Å². The molecule has 1 saturated carbocycles. The Kier molecular flexibility index (Phi) is 4.77. The average molecular weight is 264 g/mol. The Bertz CT molecular complexity index is 442. The second kappa shape index (κ2) is 6.55. The van der Waals surface area contributed by atoms with Crippen molar-refractivity contribution in [1.29, 1.82) is 0 Å². The highest BCUT2D eigenvalue weighted by Crippen LogP contribution is 2.17. The number of anilines is 1. The number of aryl methyl sites for hydroxylation is 1. The monoisotopic (exact) mass is 264 g/mol. The summed E-state index contributed by atoms with van der Waals surface area (Å²) >= 11 is 0. The highest BCUT2D eigenvalue weighted by Gasteiger charge is 2.15. The van der Waals surface area contributed by atoms with Crippen LogP contribution in [0.15, 0.2) is 18.2 Å². The molecule has 4 heteroatoms. The van der Waals surface area contributed by atoms with Gasteiger partial charge in [0, 0.05) is 11.7 Å². The highest BCUT2D eigenvalue weighted by atomic mass is 19.1. The molecule has 0 heterocycles. The van der Waals surface area contributed by atoms with E-state index in [0.29, 0.717) is 6.04 Å². The van der Waals surface area contributed by atoms with Crippen molar-refractivity contribution in [2.24, 2.45) is 0 Å². The molecule has 0 spiro atoms. The van der Waals surface area contributed by atoms with Gasteiger partial charge in [-0.15, -0.1) is 0 Å². The molecule has 1 amide bonds. The van der Waals surface area contributed by atoms with Gasteiger partial charge in [0.2, 0.25) is 5.91 Å². The zero-order chi connectivity index (χ0) is 13.7. The van der Waals surface area contributed by atoms with Crippen LogP contribution in [0.4, 0.5) is 10.1 Å². The summed E-state index contributed by atoms with van der Waals surface area (Å²) in [6.07, 6.45) is 5.85. The van der Waals surface area contributed by atoms with Crippen molar-refractivity contribution in [2.75, 3.05) is 11.9 Å². The van der Waals surface area contributed by atoms with Crippen molar-refractivity contribution in [2.45, 2.75) is 45.1 Å². The van der Waals surface area contributed by atoms with E-state index in [1.165, 1.54) is 31.4 Å². The third kappa shape index (κ3) is 4.23. The molecule has 1 aliphatic carbocycles. The number of rotatable bonds is 4. The number of nitrogens with one attached hydrogen (secondary N) is 2. The Morgan fingerprint density at radius 2 is 2.05 bits per heavy atom. The summed E-state index contributed by atoms with van der Waals surface area (Å²) in [5, 5.41) is 6.10. The zero-order valence-corrected chi connectivity index (χ0v) is 11.3. The van der Waals surface area contributed by atoms with Crippen molar-refractivity contribution >= 4 is 11.6 Å². The first-order valence-electron chi connectivity index (χ1n) is 6.94. The Hall–Kier alpha value is -1.58. The van der Waals surface area contributed by atoms with E-state index in [2.05, 4.69) is 10.6 Å². The van der Waals surface area contributed by atoms with E-state index in [1.54, 1.807) is 6.07 Å². The quantitative estimate of drug-likeness (QED) is 0.877. The molecule has 0 aromatic heterocycles. The van der Waals surface area contributed by atoms with Crippen LogP contribution in [-0.2, 0) is 4.79 Å². The smallest absolute Gasteiger partial charge is 0.239 e. The molecule has 1 aliphatic rings. The molecular formula is C15H21FN2O. The van der Waals surface area contributed by atoms with Gasteiger partial charge in [-0.1, -0.05) is 19.3 Å². The molecule has 0 bridgehead atoms. The third-order valence-electron chi connectivity index (χ3n) is 3.60. The Labute approximate surface area is 113 Å². The highest BCUT2D eigenvalue weighted by molar-refractivity contribution is 5.81. The van der Waals surface area contributed by atoms with Crippen molar-refractivity contribution in [3.8, 4) is 0 Å². The molecule has 0 aliphatic heterocycles. The van der Waals surface area contributed by atoms with E-state index in [0.717, 1.165) is 24.1 Å². The van der Waals surface area contributed by atoms with E-state index < -0.39 is 0 Å². The first kappa shape index (κ1) is 13.8. The molecule has 0 atom stereocenters. The fraction of sp³-hybridized carbons (Fsp3) is 0.533. The van der Waals surface area contributed by atoms with Crippen molar-refractivity contribution < 1.29 is 9.18 Å². The molecule has 1 aromatic carbocycles. The minimum Gasteiger partial charge on any atom is -0.376 e. The lowest BCUT2D eigenvalue weighted by Crippen LogP contribution is -2.39. The van der Waals surface area contributed by atoms with Crippen LogP contribution in [0.3, 0.4) is 0 Å². The van der Waals surface area contributed by atoms with E-state index in [1.807, 2.05) is 6.92 Å². The zero-order valence-electron chi connectivity index (χ0n) is 11.3. The molecule has 3 nitrogen and oxygen atoms in total. The maximum Gasteiger partial charge on any atom is 0.239 e. The predicted molar refractivity (Wildman–Crippen MR) is 74.6 cm³/mol. The summed E-state index contributed by atoms with van der Waals surface area (Å²) in [5.41, 5.74) is 1.62. The van der Waals surface area contributed by atoms with Crippen molar-refractivity contribution in [3.63, 3.8) is 0 Å². The summed E-state index contributed by atoms with van der Waals surface area (Å²) in [5.74, 6) is -0.245. The fourth-order valence-electron chi connectivity index (χ4n) is 2.53. The van der Waals surface area contributed by atoms with Gasteiger partial charge in [0.15, 0.2) is 0 Å². The standard InChI is InChI=1S/C15H21FN2O/c1-11-9-12(16)7-8-14(11)17-10-15(19)18-13-5-3-2-4-6-13/h7-9,13,17H,2-6,10H2,1H3,(H,18,19). The SMILES string of the molecule is Cc1cc(F)ccc1NCC(=O)NC1CCCCC1. The van der Waals surface area contributed by atoms with Crippen molar-refractivity contribution in [1.82, 2.24) is 5.32 Å². The van der Waals surface area contributed by atoms with E-state index in [-0.39, 0.29) is 18.3 Å². The van der Waals surface area contributed by atoms with Crippen LogP contribution < -0.4 is 10.6 Å². The molecule has 19 heavy (non-hydrogen) atoms. The lowest BCUT2D eigenvalue weighted by molar-refractivity contribution is -0.120. The van der Waals surface area contributed by atoms with Gasteiger partial charge in [-0.05, 0) is 43.5 Å². The number of amides is 1.